The molecular weight excluding hydrogens is 402 g/mol. The number of nitrogens with one attached hydrogen (secondary N) is 2. The summed E-state index contributed by atoms with van der Waals surface area (Å²) in [6.45, 7) is 6.35. The lowest BCUT2D eigenvalue weighted by Gasteiger charge is -2.12. The summed E-state index contributed by atoms with van der Waals surface area (Å²) in [6.07, 6.45) is 0. The fraction of sp³-hybridized carbons (Fsp3) is 0.217. The summed E-state index contributed by atoms with van der Waals surface area (Å²) in [4.78, 5) is 24.5. The smallest absolute Gasteiger partial charge is 0.340 e. The Bertz CT molecular complexity index is 1080. The first-order valence-corrected chi connectivity index (χ1v) is 10.0. The van der Waals surface area contributed by atoms with Crippen molar-refractivity contribution in [1.82, 2.24) is 9.88 Å². The quantitative estimate of drug-likeness (QED) is 0.530. The zero-order chi connectivity index (χ0) is 21.7. The Kier molecular flexibility index (Phi) is 6.79. The van der Waals surface area contributed by atoms with Gasteiger partial charge in [0.25, 0.3) is 0 Å². The molecule has 1 heterocycles. The van der Waals surface area contributed by atoms with Gasteiger partial charge in [-0.25, -0.2) is 9.59 Å². The van der Waals surface area contributed by atoms with E-state index >= 15 is 0 Å². The number of nitrogens with zero attached hydrogens (tertiary/aromatic N) is 1. The molecule has 0 spiro atoms. The maximum Gasteiger partial charge on any atom is 0.340 e. The molecule has 0 unspecified atom stereocenters. The zero-order valence-corrected chi connectivity index (χ0v) is 17.9. The number of anilines is 1. The maximum atomic E-state index is 12.4. The van der Waals surface area contributed by atoms with Crippen molar-refractivity contribution in [2.24, 2.45) is 0 Å². The Labute approximate surface area is 180 Å². The number of halogens is 1. The van der Waals surface area contributed by atoms with Crippen molar-refractivity contribution in [3.63, 3.8) is 0 Å². The number of ether oxygens (including phenoxy) is 1. The molecule has 30 heavy (non-hydrogen) atoms. The maximum absolute atomic E-state index is 12.4. The lowest BCUT2D eigenvalue weighted by atomic mass is 10.2. The normalized spacial score (nSPS) is 10.5. The topological polar surface area (TPSA) is 72.4 Å². The predicted octanol–water partition coefficient (Wildman–Crippen LogP) is 5.25. The molecule has 156 valence electrons. The van der Waals surface area contributed by atoms with Gasteiger partial charge in [0.1, 0.15) is 0 Å². The molecule has 0 radical (unpaired) electrons. The Morgan fingerprint density at radius 2 is 1.83 bits per heavy atom. The molecule has 0 aliphatic carbocycles. The average Bonchev–Trinajstić information content (AvgIpc) is 3.00. The summed E-state index contributed by atoms with van der Waals surface area (Å²) >= 11 is 6.13. The van der Waals surface area contributed by atoms with E-state index in [-0.39, 0.29) is 6.61 Å². The fourth-order valence-corrected chi connectivity index (χ4v) is 3.53. The number of para-hydroxylation sites is 1. The molecule has 0 saturated carbocycles. The van der Waals surface area contributed by atoms with Crippen LogP contribution in [0.5, 0.6) is 0 Å². The molecule has 0 bridgehead atoms. The van der Waals surface area contributed by atoms with Crippen molar-refractivity contribution in [2.75, 3.05) is 11.9 Å². The number of esters is 1. The number of benzene rings is 2. The van der Waals surface area contributed by atoms with Gasteiger partial charge in [0.15, 0.2) is 0 Å². The molecule has 6 nitrogen and oxygen atoms in total. The highest BCUT2D eigenvalue weighted by molar-refractivity contribution is 6.30. The molecule has 7 heteroatoms. The van der Waals surface area contributed by atoms with E-state index in [1.165, 1.54) is 0 Å². The highest BCUT2D eigenvalue weighted by Gasteiger charge is 2.15. The van der Waals surface area contributed by atoms with E-state index in [1.807, 2.05) is 44.2 Å². The van der Waals surface area contributed by atoms with Crippen LogP contribution in [0.4, 0.5) is 10.5 Å². The largest absolute Gasteiger partial charge is 0.462 e. The molecule has 0 aliphatic rings. The van der Waals surface area contributed by atoms with E-state index in [1.54, 1.807) is 31.2 Å². The van der Waals surface area contributed by atoms with Crippen molar-refractivity contribution < 1.29 is 14.3 Å². The Balaban J connectivity index is 1.71. The van der Waals surface area contributed by atoms with Gasteiger partial charge in [-0.3, -0.25) is 0 Å². The average molecular weight is 426 g/mol. The molecule has 2 aromatic carbocycles. The van der Waals surface area contributed by atoms with Gasteiger partial charge >= 0.3 is 12.0 Å². The minimum absolute atomic E-state index is 0.265. The first kappa shape index (κ1) is 21.5. The number of carbonyl (C=O) groups excluding carboxylic acids is 2. The monoisotopic (exact) mass is 425 g/mol. The number of carbonyl (C=O) groups is 2. The van der Waals surface area contributed by atoms with E-state index in [0.717, 1.165) is 22.6 Å². The SMILES string of the molecule is CCOC(=O)c1ccccc1NC(=O)NCc1cc(C)n(-c2cccc(Cl)c2)c1C. The van der Waals surface area contributed by atoms with Crippen molar-refractivity contribution in [3.05, 3.63) is 82.1 Å². The number of aryl methyl sites for hydroxylation is 1. The number of amides is 2. The molecule has 3 rings (SSSR count). The van der Waals surface area contributed by atoms with Crippen LogP contribution in [0, 0.1) is 13.8 Å². The third-order valence-electron chi connectivity index (χ3n) is 4.71. The summed E-state index contributed by atoms with van der Waals surface area (Å²) in [5.74, 6) is -0.474. The minimum Gasteiger partial charge on any atom is -0.462 e. The van der Waals surface area contributed by atoms with Gasteiger partial charge in [-0.15, -0.1) is 0 Å². The molecule has 1 aromatic heterocycles. The summed E-state index contributed by atoms with van der Waals surface area (Å²) < 4.78 is 7.13. The fourth-order valence-electron chi connectivity index (χ4n) is 3.34. The van der Waals surface area contributed by atoms with Crippen LogP contribution in [0.3, 0.4) is 0 Å². The van der Waals surface area contributed by atoms with Gasteiger partial charge in [-0.05, 0) is 62.7 Å². The van der Waals surface area contributed by atoms with Crippen LogP contribution in [-0.2, 0) is 11.3 Å². The van der Waals surface area contributed by atoms with Crippen LogP contribution >= 0.6 is 11.6 Å². The standard InChI is InChI=1S/C23H24ClN3O3/c1-4-30-22(28)20-10-5-6-11-21(20)26-23(29)25-14-17-12-15(2)27(16(17)3)19-9-7-8-18(24)13-19/h5-13H,4,14H2,1-3H3,(H2,25,26,29). The number of aromatic nitrogens is 1. The van der Waals surface area contributed by atoms with Gasteiger partial charge in [0.05, 0.1) is 17.9 Å². The summed E-state index contributed by atoms with van der Waals surface area (Å²) in [7, 11) is 0. The van der Waals surface area contributed by atoms with Gasteiger partial charge < -0.3 is 19.9 Å². The zero-order valence-electron chi connectivity index (χ0n) is 17.2. The van der Waals surface area contributed by atoms with Crippen LogP contribution in [0.2, 0.25) is 5.02 Å². The highest BCUT2D eigenvalue weighted by Crippen LogP contribution is 2.23. The van der Waals surface area contributed by atoms with Crippen molar-refractivity contribution in [2.45, 2.75) is 27.3 Å². The van der Waals surface area contributed by atoms with Crippen molar-refractivity contribution in [3.8, 4) is 5.69 Å². The summed E-state index contributed by atoms with van der Waals surface area (Å²) in [5, 5.41) is 6.24. The molecule has 2 amide bonds. The Hall–Kier alpha value is -3.25. The first-order chi connectivity index (χ1) is 14.4. The summed E-state index contributed by atoms with van der Waals surface area (Å²) in [5.41, 5.74) is 4.73. The molecule has 2 N–H and O–H groups in total. The first-order valence-electron chi connectivity index (χ1n) is 9.65. The predicted molar refractivity (Wildman–Crippen MR) is 119 cm³/mol. The molecule has 0 atom stereocenters. The lowest BCUT2D eigenvalue weighted by Crippen LogP contribution is -2.29. The highest BCUT2D eigenvalue weighted by atomic mass is 35.5. The molecule has 0 saturated heterocycles. The van der Waals surface area contributed by atoms with Crippen LogP contribution in [0.1, 0.15) is 34.2 Å². The van der Waals surface area contributed by atoms with E-state index in [0.29, 0.717) is 22.8 Å². The second kappa shape index (κ2) is 9.50. The van der Waals surface area contributed by atoms with Crippen molar-refractivity contribution in [1.29, 1.82) is 0 Å². The molecule has 0 aliphatic heterocycles. The number of urea groups is 1. The van der Waals surface area contributed by atoms with Gasteiger partial charge in [0, 0.05) is 28.6 Å². The van der Waals surface area contributed by atoms with Crippen LogP contribution in [0.15, 0.2) is 54.6 Å². The van der Waals surface area contributed by atoms with Crippen LogP contribution < -0.4 is 10.6 Å². The van der Waals surface area contributed by atoms with Crippen LogP contribution in [-0.4, -0.2) is 23.2 Å². The molecular formula is C23H24ClN3O3. The van der Waals surface area contributed by atoms with Crippen LogP contribution in [0.25, 0.3) is 5.69 Å². The van der Waals surface area contributed by atoms with Crippen molar-refractivity contribution >= 4 is 29.3 Å². The van der Waals surface area contributed by atoms with Gasteiger partial charge in [-0.2, -0.15) is 0 Å². The Morgan fingerprint density at radius 1 is 1.07 bits per heavy atom. The van der Waals surface area contributed by atoms with Gasteiger partial charge in [0.2, 0.25) is 0 Å². The molecule has 0 fully saturated rings. The number of rotatable bonds is 6. The number of hydrogen-bond acceptors (Lipinski definition) is 3. The van der Waals surface area contributed by atoms with E-state index in [2.05, 4.69) is 15.2 Å². The number of hydrogen-bond donors (Lipinski definition) is 2. The van der Waals surface area contributed by atoms with Gasteiger partial charge in [-0.1, -0.05) is 29.8 Å². The lowest BCUT2D eigenvalue weighted by molar-refractivity contribution is 0.0527. The minimum atomic E-state index is -0.474. The van der Waals surface area contributed by atoms with E-state index < -0.39 is 12.0 Å². The summed E-state index contributed by atoms with van der Waals surface area (Å²) in [6, 6.07) is 16.0. The third-order valence-corrected chi connectivity index (χ3v) is 4.95. The second-order valence-corrected chi connectivity index (χ2v) is 7.22. The second-order valence-electron chi connectivity index (χ2n) is 6.79. The Morgan fingerprint density at radius 3 is 2.57 bits per heavy atom. The van der Waals surface area contributed by atoms with E-state index in [4.69, 9.17) is 16.3 Å². The third kappa shape index (κ3) is 4.83. The molecule has 3 aromatic rings. The van der Waals surface area contributed by atoms with E-state index in [9.17, 15) is 9.59 Å².